The van der Waals surface area contributed by atoms with E-state index < -0.39 is 0 Å². The van der Waals surface area contributed by atoms with Gasteiger partial charge in [0.2, 0.25) is 0 Å². The lowest BCUT2D eigenvalue weighted by molar-refractivity contribution is 0.420. The number of allylic oxidation sites excluding steroid dienone is 1. The highest BCUT2D eigenvalue weighted by Gasteiger charge is 2.08. The molecule has 0 unspecified atom stereocenters. The molecule has 9 heavy (non-hydrogen) atoms. The molecule has 0 nitrogen and oxygen atoms in total. The maximum Gasteiger partial charge on any atom is -0.0225 e. The van der Waals surface area contributed by atoms with Gasteiger partial charge in [-0.1, -0.05) is 41.3 Å². The molecule has 52 valence electrons. The Labute approximate surface area is 65.5 Å². The van der Waals surface area contributed by atoms with E-state index in [1.54, 1.807) is 0 Å². The summed E-state index contributed by atoms with van der Waals surface area (Å²) in [5, 5.41) is 0. The Hall–Kier alpha value is 0.220. The highest BCUT2D eigenvalue weighted by atomic mass is 79.9. The second-order valence-corrected chi connectivity index (χ2v) is 3.25. The maximum atomic E-state index is 3.30. The van der Waals surface area contributed by atoms with Crippen LogP contribution in [0.15, 0.2) is 11.1 Å². The van der Waals surface area contributed by atoms with Crippen molar-refractivity contribution in [2.45, 2.75) is 32.1 Å². The van der Waals surface area contributed by atoms with Crippen LogP contribution in [0.1, 0.15) is 32.1 Å². The number of hydrogen-bond acceptors (Lipinski definition) is 0. The molecule has 0 aromatic heterocycles. The fourth-order valence-corrected chi connectivity index (χ4v) is 1.86. The molecule has 0 amide bonds. The van der Waals surface area contributed by atoms with E-state index in [0.29, 0.717) is 0 Å². The Morgan fingerprint density at radius 3 is 2.33 bits per heavy atom. The van der Waals surface area contributed by atoms with Gasteiger partial charge in [0.1, 0.15) is 0 Å². The van der Waals surface area contributed by atoms with Gasteiger partial charge in [0.05, 0.1) is 0 Å². The normalized spacial score (nSPS) is 23.2. The van der Waals surface area contributed by atoms with Crippen molar-refractivity contribution in [2.24, 2.45) is 5.92 Å². The third kappa shape index (κ3) is 2.53. The van der Waals surface area contributed by atoms with E-state index in [1.807, 2.05) is 4.99 Å². The van der Waals surface area contributed by atoms with Crippen molar-refractivity contribution in [1.29, 1.82) is 0 Å². The molecule has 1 rings (SSSR count). The molecule has 0 aromatic carbocycles. The van der Waals surface area contributed by atoms with Crippen molar-refractivity contribution in [3.05, 3.63) is 11.1 Å². The minimum absolute atomic E-state index is 0.873. The van der Waals surface area contributed by atoms with Crippen molar-refractivity contribution in [3.63, 3.8) is 0 Å². The zero-order valence-corrected chi connectivity index (χ0v) is 7.23. The first kappa shape index (κ1) is 7.33. The molecule has 0 aliphatic heterocycles. The van der Waals surface area contributed by atoms with Gasteiger partial charge in [0.25, 0.3) is 0 Å². The van der Waals surface area contributed by atoms with Gasteiger partial charge in [-0.05, 0) is 23.7 Å². The van der Waals surface area contributed by atoms with Crippen LogP contribution in [-0.4, -0.2) is 0 Å². The van der Waals surface area contributed by atoms with Gasteiger partial charge in [-0.25, -0.2) is 0 Å². The van der Waals surface area contributed by atoms with Gasteiger partial charge in [-0.2, -0.15) is 0 Å². The van der Waals surface area contributed by atoms with Crippen molar-refractivity contribution in [2.75, 3.05) is 0 Å². The van der Waals surface area contributed by atoms with E-state index >= 15 is 0 Å². The highest BCUT2D eigenvalue weighted by Crippen LogP contribution is 2.24. The summed E-state index contributed by atoms with van der Waals surface area (Å²) in [6.45, 7) is 0. The van der Waals surface area contributed by atoms with Crippen LogP contribution in [0, 0.1) is 5.92 Å². The van der Waals surface area contributed by atoms with Crippen LogP contribution in [0.5, 0.6) is 0 Å². The van der Waals surface area contributed by atoms with Crippen LogP contribution in [0.2, 0.25) is 0 Å². The van der Waals surface area contributed by atoms with Gasteiger partial charge < -0.3 is 0 Å². The summed E-state index contributed by atoms with van der Waals surface area (Å²) in [6, 6.07) is 0. The molecule has 1 aliphatic carbocycles. The number of halogens is 1. The molecule has 0 atom stereocenters. The molecule has 1 saturated carbocycles. The average Bonchev–Trinajstić information content (AvgIpc) is 1.91. The van der Waals surface area contributed by atoms with E-state index in [1.165, 1.54) is 32.1 Å². The van der Waals surface area contributed by atoms with Crippen molar-refractivity contribution in [1.82, 2.24) is 0 Å². The van der Waals surface area contributed by atoms with Crippen LogP contribution in [0.4, 0.5) is 0 Å². The first-order valence-electron chi connectivity index (χ1n) is 3.70. The Bertz CT molecular complexity index is 90.7. The summed E-state index contributed by atoms with van der Waals surface area (Å²) in [5.41, 5.74) is 0. The monoisotopic (exact) mass is 188 g/mol. The first-order valence-corrected chi connectivity index (χ1v) is 4.62. The molecule has 0 heterocycles. The molecular formula is C8H13Br. The van der Waals surface area contributed by atoms with E-state index in [9.17, 15) is 0 Å². The molecule has 1 aliphatic rings. The van der Waals surface area contributed by atoms with Crippen molar-refractivity contribution >= 4 is 15.9 Å². The van der Waals surface area contributed by atoms with E-state index in [-0.39, 0.29) is 0 Å². The van der Waals surface area contributed by atoms with Gasteiger partial charge in [-0.3, -0.25) is 0 Å². The Balaban J connectivity index is 2.23. The smallest absolute Gasteiger partial charge is 0.0225 e. The standard InChI is InChI=1S/C8H13Br/c9-7-6-8-4-2-1-3-5-8/h6-8H,1-5H2/b7-6+. The molecule has 0 saturated heterocycles. The van der Waals surface area contributed by atoms with Crippen LogP contribution in [0.3, 0.4) is 0 Å². The Morgan fingerprint density at radius 1 is 1.11 bits per heavy atom. The second kappa shape index (κ2) is 4.10. The molecule has 0 aromatic rings. The summed E-state index contributed by atoms with van der Waals surface area (Å²) in [5.74, 6) is 0.873. The number of rotatable bonds is 1. The molecule has 1 heteroatoms. The lowest BCUT2D eigenvalue weighted by Crippen LogP contribution is -2.01. The van der Waals surface area contributed by atoms with Crippen LogP contribution in [0.25, 0.3) is 0 Å². The quantitative estimate of drug-likeness (QED) is 0.592. The summed E-state index contributed by atoms with van der Waals surface area (Å²) < 4.78 is 0. The van der Waals surface area contributed by atoms with E-state index in [2.05, 4.69) is 22.0 Å². The average molecular weight is 189 g/mol. The number of hydrogen-bond donors (Lipinski definition) is 0. The van der Waals surface area contributed by atoms with E-state index in [4.69, 9.17) is 0 Å². The molecule has 0 spiro atoms. The zero-order valence-electron chi connectivity index (χ0n) is 5.65. The predicted molar refractivity (Wildman–Crippen MR) is 44.6 cm³/mol. The minimum atomic E-state index is 0.873. The van der Waals surface area contributed by atoms with Crippen LogP contribution in [-0.2, 0) is 0 Å². The maximum absolute atomic E-state index is 3.30. The largest absolute Gasteiger partial charge is 0.0745 e. The molecule has 0 N–H and O–H groups in total. The minimum Gasteiger partial charge on any atom is -0.0745 e. The molecular weight excluding hydrogens is 176 g/mol. The Morgan fingerprint density at radius 2 is 1.78 bits per heavy atom. The Kier molecular flexibility index (Phi) is 3.34. The molecule has 1 fully saturated rings. The van der Waals surface area contributed by atoms with Gasteiger partial charge in [0, 0.05) is 0 Å². The van der Waals surface area contributed by atoms with Gasteiger partial charge in [0.15, 0.2) is 0 Å². The lowest BCUT2D eigenvalue weighted by atomic mass is 9.90. The zero-order chi connectivity index (χ0) is 6.53. The fraction of sp³-hybridized carbons (Fsp3) is 0.750. The van der Waals surface area contributed by atoms with Crippen LogP contribution < -0.4 is 0 Å². The predicted octanol–water partition coefficient (Wildman–Crippen LogP) is 3.48. The van der Waals surface area contributed by atoms with Crippen LogP contribution >= 0.6 is 15.9 Å². The summed E-state index contributed by atoms with van der Waals surface area (Å²) in [4.78, 5) is 2.00. The molecule has 0 bridgehead atoms. The van der Waals surface area contributed by atoms with Crippen molar-refractivity contribution in [3.8, 4) is 0 Å². The van der Waals surface area contributed by atoms with Crippen molar-refractivity contribution < 1.29 is 0 Å². The van der Waals surface area contributed by atoms with Gasteiger partial charge in [-0.15, -0.1) is 0 Å². The fourth-order valence-electron chi connectivity index (χ4n) is 1.43. The topological polar surface area (TPSA) is 0 Å². The first-order chi connectivity index (χ1) is 4.43. The van der Waals surface area contributed by atoms with Gasteiger partial charge >= 0.3 is 0 Å². The summed E-state index contributed by atoms with van der Waals surface area (Å²) in [6.07, 6.45) is 9.40. The van der Waals surface area contributed by atoms with E-state index in [0.717, 1.165) is 5.92 Å². The lowest BCUT2D eigenvalue weighted by Gasteiger charge is -2.16. The third-order valence-corrected chi connectivity index (χ3v) is 2.30. The SMILES string of the molecule is Br/C=C/C1CCCCC1. The highest BCUT2D eigenvalue weighted by molar-refractivity contribution is 9.11. The summed E-state index contributed by atoms with van der Waals surface area (Å²) in [7, 11) is 0. The molecule has 0 radical (unpaired) electrons. The third-order valence-electron chi connectivity index (χ3n) is 1.99. The summed E-state index contributed by atoms with van der Waals surface area (Å²) >= 11 is 3.30. The second-order valence-electron chi connectivity index (χ2n) is 2.72.